The topological polar surface area (TPSA) is 76.1 Å². The van der Waals surface area contributed by atoms with Crippen LogP contribution in [-0.4, -0.2) is 35.2 Å². The number of ether oxygens (including phenoxy) is 2. The van der Waals surface area contributed by atoms with Crippen molar-refractivity contribution in [3.05, 3.63) is 80.8 Å². The fourth-order valence-corrected chi connectivity index (χ4v) is 4.51. The molecule has 2 aliphatic rings. The van der Waals surface area contributed by atoms with Gasteiger partial charge >= 0.3 is 5.97 Å². The van der Waals surface area contributed by atoms with E-state index >= 15 is 0 Å². The first kappa shape index (κ1) is 20.7. The zero-order valence-corrected chi connectivity index (χ0v) is 18.2. The Hall–Kier alpha value is -3.22. The van der Waals surface area contributed by atoms with E-state index < -0.39 is 5.97 Å². The van der Waals surface area contributed by atoms with Crippen LogP contribution in [0.2, 0.25) is 10.0 Å². The lowest BCUT2D eigenvalue weighted by molar-refractivity contribution is 0.0514. The number of carbonyl (C=O) groups is 2. The van der Waals surface area contributed by atoms with E-state index in [1.165, 1.54) is 6.07 Å². The standard InChI is InChI=1S/C24H17Cl2NO5/c25-17-2-3-18(20(26)10-17)23(28)27-11-16-7-13(1-4-21(16)32-12-27)15-8-14-5-6-31-22(14)19(9-15)24(29)30/h1-4,7-10H,5-6,11-12H2,(H,29,30). The Balaban J connectivity index is 1.47. The van der Waals surface area contributed by atoms with Gasteiger partial charge in [0.05, 0.1) is 23.7 Å². The average Bonchev–Trinajstić information content (AvgIpc) is 3.26. The molecule has 8 heteroatoms. The molecule has 162 valence electrons. The molecule has 0 spiro atoms. The Morgan fingerprint density at radius 1 is 0.906 bits per heavy atom. The molecule has 3 aromatic carbocycles. The van der Waals surface area contributed by atoms with Gasteiger partial charge in [0, 0.05) is 17.0 Å². The summed E-state index contributed by atoms with van der Waals surface area (Å²) in [7, 11) is 0. The number of amides is 1. The van der Waals surface area contributed by atoms with Crippen LogP contribution in [0.1, 0.15) is 31.8 Å². The van der Waals surface area contributed by atoms with Gasteiger partial charge in [0.1, 0.15) is 17.1 Å². The number of benzene rings is 3. The summed E-state index contributed by atoms with van der Waals surface area (Å²) < 4.78 is 11.3. The van der Waals surface area contributed by atoms with Gasteiger partial charge in [-0.3, -0.25) is 4.79 Å². The molecule has 0 aromatic heterocycles. The second-order valence-electron chi connectivity index (χ2n) is 7.64. The van der Waals surface area contributed by atoms with E-state index in [1.54, 1.807) is 23.1 Å². The van der Waals surface area contributed by atoms with Gasteiger partial charge < -0.3 is 19.5 Å². The first-order valence-corrected chi connectivity index (χ1v) is 10.7. The smallest absolute Gasteiger partial charge is 0.339 e. The normalized spacial score (nSPS) is 14.2. The molecule has 5 rings (SSSR count). The fraction of sp³-hybridized carbons (Fsp3) is 0.167. The van der Waals surface area contributed by atoms with E-state index in [2.05, 4.69) is 0 Å². The lowest BCUT2D eigenvalue weighted by Gasteiger charge is -2.29. The summed E-state index contributed by atoms with van der Waals surface area (Å²) in [4.78, 5) is 26.3. The molecule has 1 amide bonds. The molecule has 0 aliphatic carbocycles. The Morgan fingerprint density at radius 3 is 2.50 bits per heavy atom. The van der Waals surface area contributed by atoms with Crippen molar-refractivity contribution in [1.82, 2.24) is 4.90 Å². The molecule has 0 fully saturated rings. The fourth-order valence-electron chi connectivity index (χ4n) is 4.02. The summed E-state index contributed by atoms with van der Waals surface area (Å²) in [6.07, 6.45) is 0.668. The summed E-state index contributed by atoms with van der Waals surface area (Å²) in [6, 6.07) is 14.0. The number of hydrogen-bond donors (Lipinski definition) is 1. The lowest BCUT2D eigenvalue weighted by Crippen LogP contribution is -2.37. The Morgan fingerprint density at radius 2 is 1.72 bits per heavy atom. The maximum atomic E-state index is 13.0. The summed E-state index contributed by atoms with van der Waals surface area (Å²) >= 11 is 12.1. The molecule has 0 atom stereocenters. The molecule has 2 heterocycles. The highest BCUT2D eigenvalue weighted by Gasteiger charge is 2.26. The second-order valence-corrected chi connectivity index (χ2v) is 8.48. The molecule has 0 unspecified atom stereocenters. The van der Waals surface area contributed by atoms with Crippen molar-refractivity contribution in [1.29, 1.82) is 0 Å². The van der Waals surface area contributed by atoms with E-state index in [-0.39, 0.29) is 23.2 Å². The summed E-state index contributed by atoms with van der Waals surface area (Å²) in [5.74, 6) is -0.157. The predicted molar refractivity (Wildman–Crippen MR) is 120 cm³/mol. The molecule has 2 aliphatic heterocycles. The van der Waals surface area contributed by atoms with Gasteiger partial charge in [-0.1, -0.05) is 29.3 Å². The minimum absolute atomic E-state index is 0.101. The zero-order valence-electron chi connectivity index (χ0n) is 16.7. The van der Waals surface area contributed by atoms with E-state index in [0.717, 1.165) is 22.3 Å². The van der Waals surface area contributed by atoms with Crippen molar-refractivity contribution in [2.45, 2.75) is 13.0 Å². The number of halogens is 2. The van der Waals surface area contributed by atoms with Crippen molar-refractivity contribution < 1.29 is 24.2 Å². The third-order valence-electron chi connectivity index (χ3n) is 5.59. The second kappa shape index (κ2) is 8.04. The van der Waals surface area contributed by atoms with Crippen LogP contribution in [0.15, 0.2) is 48.5 Å². The Kier molecular flexibility index (Phi) is 5.19. The van der Waals surface area contributed by atoms with E-state index in [9.17, 15) is 14.7 Å². The van der Waals surface area contributed by atoms with Gasteiger partial charge in [-0.05, 0) is 59.2 Å². The van der Waals surface area contributed by atoms with Crippen molar-refractivity contribution >= 4 is 35.1 Å². The van der Waals surface area contributed by atoms with Gasteiger partial charge in [-0.2, -0.15) is 0 Å². The lowest BCUT2D eigenvalue weighted by atomic mass is 9.96. The first-order chi connectivity index (χ1) is 15.4. The van der Waals surface area contributed by atoms with Crippen LogP contribution >= 0.6 is 23.2 Å². The first-order valence-electron chi connectivity index (χ1n) is 9.94. The van der Waals surface area contributed by atoms with Crippen molar-refractivity contribution in [3.8, 4) is 22.6 Å². The van der Waals surface area contributed by atoms with Crippen LogP contribution in [0.5, 0.6) is 11.5 Å². The minimum atomic E-state index is -1.03. The molecule has 32 heavy (non-hydrogen) atoms. The number of hydrogen-bond acceptors (Lipinski definition) is 4. The summed E-state index contributed by atoms with van der Waals surface area (Å²) in [5.41, 5.74) is 3.81. The zero-order chi connectivity index (χ0) is 22.4. The van der Waals surface area contributed by atoms with Gasteiger partial charge in [0.25, 0.3) is 5.91 Å². The number of aromatic carboxylic acids is 1. The molecule has 0 saturated heterocycles. The van der Waals surface area contributed by atoms with Crippen LogP contribution < -0.4 is 9.47 Å². The summed E-state index contributed by atoms with van der Waals surface area (Å²) in [6.45, 7) is 0.908. The third kappa shape index (κ3) is 3.66. The predicted octanol–water partition coefficient (Wildman–Crippen LogP) is 5.29. The van der Waals surface area contributed by atoms with Crippen LogP contribution in [-0.2, 0) is 13.0 Å². The molecule has 0 radical (unpaired) electrons. The number of carbonyl (C=O) groups excluding carboxylic acids is 1. The average molecular weight is 470 g/mol. The number of carboxylic acid groups (broad SMARTS) is 1. The van der Waals surface area contributed by atoms with Gasteiger partial charge in [0.2, 0.25) is 0 Å². The maximum Gasteiger partial charge on any atom is 0.339 e. The molecule has 6 nitrogen and oxygen atoms in total. The quantitative estimate of drug-likeness (QED) is 0.564. The largest absolute Gasteiger partial charge is 0.492 e. The number of rotatable bonds is 3. The molecule has 3 aromatic rings. The van der Waals surface area contributed by atoms with Gasteiger partial charge in [-0.15, -0.1) is 0 Å². The van der Waals surface area contributed by atoms with E-state index in [0.29, 0.717) is 41.7 Å². The monoisotopic (exact) mass is 469 g/mol. The van der Waals surface area contributed by atoms with Gasteiger partial charge in [-0.25, -0.2) is 4.79 Å². The highest BCUT2D eigenvalue weighted by atomic mass is 35.5. The maximum absolute atomic E-state index is 13.0. The van der Waals surface area contributed by atoms with E-state index in [1.807, 2.05) is 24.3 Å². The Bertz CT molecular complexity index is 1270. The van der Waals surface area contributed by atoms with Crippen molar-refractivity contribution in [2.24, 2.45) is 0 Å². The molecule has 1 N–H and O–H groups in total. The number of fused-ring (bicyclic) bond motifs is 2. The minimum Gasteiger partial charge on any atom is -0.492 e. The third-order valence-corrected chi connectivity index (χ3v) is 6.14. The number of nitrogens with zero attached hydrogens (tertiary/aromatic N) is 1. The highest BCUT2D eigenvalue weighted by Crippen LogP contribution is 2.37. The van der Waals surface area contributed by atoms with Crippen LogP contribution in [0.3, 0.4) is 0 Å². The summed E-state index contributed by atoms with van der Waals surface area (Å²) in [5, 5.41) is 10.3. The molecule has 0 bridgehead atoms. The highest BCUT2D eigenvalue weighted by molar-refractivity contribution is 6.36. The number of carboxylic acids is 1. The molecule has 0 saturated carbocycles. The SMILES string of the molecule is O=C(O)c1cc(-c2ccc3c(c2)CN(C(=O)c2ccc(Cl)cc2Cl)CO3)cc2c1OCC2. The van der Waals surface area contributed by atoms with Crippen LogP contribution in [0, 0.1) is 0 Å². The van der Waals surface area contributed by atoms with E-state index in [4.69, 9.17) is 32.7 Å². The van der Waals surface area contributed by atoms with Crippen molar-refractivity contribution in [3.63, 3.8) is 0 Å². The molecular weight excluding hydrogens is 453 g/mol. The van der Waals surface area contributed by atoms with Crippen LogP contribution in [0.4, 0.5) is 0 Å². The molecular formula is C24H17Cl2NO5. The van der Waals surface area contributed by atoms with Gasteiger partial charge in [0.15, 0.2) is 6.73 Å². The van der Waals surface area contributed by atoms with Crippen molar-refractivity contribution in [2.75, 3.05) is 13.3 Å². The Labute approximate surface area is 193 Å². The van der Waals surface area contributed by atoms with Crippen LogP contribution in [0.25, 0.3) is 11.1 Å².